The number of rotatable bonds is 7. The minimum atomic E-state index is -3.65. The van der Waals surface area contributed by atoms with Gasteiger partial charge < -0.3 is 15.0 Å². The van der Waals surface area contributed by atoms with Crippen LogP contribution in [0.15, 0.2) is 83.9 Å². The van der Waals surface area contributed by atoms with Gasteiger partial charge in [-0.05, 0) is 65.5 Å². The minimum Gasteiger partial charge on any atom is -0.497 e. The zero-order chi connectivity index (χ0) is 21.8. The largest absolute Gasteiger partial charge is 0.497 e. The summed E-state index contributed by atoms with van der Waals surface area (Å²) in [4.78, 5) is 15.8. The molecule has 4 aromatic rings. The van der Waals surface area contributed by atoms with Crippen molar-refractivity contribution in [3.63, 3.8) is 0 Å². The number of ether oxygens (including phenoxy) is 1. The normalized spacial score (nSPS) is 11.4. The average molecular weight is 436 g/mol. The molecular formula is C23H21N3O4S. The van der Waals surface area contributed by atoms with Gasteiger partial charge in [-0.3, -0.25) is 4.79 Å². The summed E-state index contributed by atoms with van der Waals surface area (Å²) in [6, 6.07) is 20.5. The van der Waals surface area contributed by atoms with Gasteiger partial charge in [0.2, 0.25) is 10.0 Å². The molecule has 3 aromatic carbocycles. The Hall–Kier alpha value is -3.62. The first-order chi connectivity index (χ1) is 14.9. The fraction of sp³-hybridized carbons (Fsp3) is 0.0870. The van der Waals surface area contributed by atoms with Crippen molar-refractivity contribution in [2.45, 2.75) is 11.4 Å². The van der Waals surface area contributed by atoms with Gasteiger partial charge in [-0.25, -0.2) is 13.1 Å². The number of methoxy groups -OCH3 is 1. The molecule has 1 aromatic heterocycles. The molecular weight excluding hydrogens is 414 g/mol. The first-order valence-corrected chi connectivity index (χ1v) is 11.0. The summed E-state index contributed by atoms with van der Waals surface area (Å²) in [5, 5.41) is 3.93. The summed E-state index contributed by atoms with van der Waals surface area (Å²) in [5.74, 6) is 0.344. The molecule has 158 valence electrons. The Labute approximate surface area is 180 Å². The molecule has 0 atom stereocenters. The van der Waals surface area contributed by atoms with Crippen LogP contribution in [0.2, 0.25) is 0 Å². The van der Waals surface area contributed by atoms with E-state index in [4.69, 9.17) is 4.74 Å². The van der Waals surface area contributed by atoms with Gasteiger partial charge in [0.25, 0.3) is 5.91 Å². The summed E-state index contributed by atoms with van der Waals surface area (Å²) in [6.07, 6.45) is 1.85. The number of fused-ring (bicyclic) bond motifs is 1. The van der Waals surface area contributed by atoms with Gasteiger partial charge in [0.1, 0.15) is 5.75 Å². The van der Waals surface area contributed by atoms with Crippen LogP contribution in [0.3, 0.4) is 0 Å². The van der Waals surface area contributed by atoms with Gasteiger partial charge in [-0.15, -0.1) is 0 Å². The number of nitrogens with one attached hydrogen (secondary N) is 3. The molecule has 0 unspecified atom stereocenters. The molecule has 0 saturated heterocycles. The van der Waals surface area contributed by atoms with Crippen LogP contribution in [-0.4, -0.2) is 26.4 Å². The third-order valence-corrected chi connectivity index (χ3v) is 6.28. The van der Waals surface area contributed by atoms with Crippen molar-refractivity contribution in [1.82, 2.24) is 9.71 Å². The van der Waals surface area contributed by atoms with Crippen molar-refractivity contribution in [2.24, 2.45) is 0 Å². The van der Waals surface area contributed by atoms with Gasteiger partial charge in [0.05, 0.1) is 12.0 Å². The van der Waals surface area contributed by atoms with E-state index in [0.717, 1.165) is 16.5 Å². The highest BCUT2D eigenvalue weighted by molar-refractivity contribution is 7.89. The van der Waals surface area contributed by atoms with E-state index in [1.165, 1.54) is 19.2 Å². The Balaban J connectivity index is 1.38. The van der Waals surface area contributed by atoms with Crippen LogP contribution in [0.4, 0.5) is 5.69 Å². The van der Waals surface area contributed by atoms with Crippen molar-refractivity contribution in [3.05, 3.63) is 90.1 Å². The number of amides is 1. The Bertz CT molecular complexity index is 1310. The molecule has 3 N–H and O–H groups in total. The number of carbonyl (C=O) groups is 1. The highest BCUT2D eigenvalue weighted by Gasteiger charge is 2.14. The zero-order valence-electron chi connectivity index (χ0n) is 16.8. The van der Waals surface area contributed by atoms with Gasteiger partial charge in [0, 0.05) is 29.5 Å². The molecule has 0 bridgehead atoms. The maximum absolute atomic E-state index is 12.5. The van der Waals surface area contributed by atoms with E-state index >= 15 is 0 Å². The Kier molecular flexibility index (Phi) is 5.75. The van der Waals surface area contributed by atoms with E-state index in [2.05, 4.69) is 15.0 Å². The molecule has 1 amide bonds. The van der Waals surface area contributed by atoms with Crippen molar-refractivity contribution in [2.75, 3.05) is 12.4 Å². The lowest BCUT2D eigenvalue weighted by Crippen LogP contribution is -2.23. The van der Waals surface area contributed by atoms with Crippen LogP contribution in [0.5, 0.6) is 5.75 Å². The van der Waals surface area contributed by atoms with Crippen LogP contribution in [0.1, 0.15) is 15.9 Å². The number of aromatic nitrogens is 1. The molecule has 0 aliphatic rings. The minimum absolute atomic E-state index is 0.111. The number of H-pyrrole nitrogens is 1. The second-order valence-corrected chi connectivity index (χ2v) is 8.70. The summed E-state index contributed by atoms with van der Waals surface area (Å²) in [5.41, 5.74) is 2.85. The predicted octanol–water partition coefficient (Wildman–Crippen LogP) is 3.91. The summed E-state index contributed by atoms with van der Waals surface area (Å²) in [6.45, 7) is 0.111. The number of aromatic amines is 1. The third-order valence-electron chi connectivity index (χ3n) is 4.87. The number of benzene rings is 3. The average Bonchev–Trinajstić information content (AvgIpc) is 3.26. The Morgan fingerprint density at radius 3 is 2.42 bits per heavy atom. The standard InChI is InChI=1S/C23H21N3O4S/c1-30-20-8-10-21(11-9-20)31(28,29)25-15-16-2-4-18(5-3-16)23(27)26-19-7-6-17-12-13-24-22(17)14-19/h2-14,24-25H,15H2,1H3,(H,26,27). The molecule has 31 heavy (non-hydrogen) atoms. The number of sulfonamides is 1. The van der Waals surface area contributed by atoms with E-state index < -0.39 is 10.0 Å². The zero-order valence-corrected chi connectivity index (χ0v) is 17.6. The monoisotopic (exact) mass is 435 g/mol. The fourth-order valence-corrected chi connectivity index (χ4v) is 4.14. The molecule has 8 heteroatoms. The second-order valence-electron chi connectivity index (χ2n) is 6.93. The molecule has 0 aliphatic carbocycles. The van der Waals surface area contributed by atoms with Crippen LogP contribution in [0.25, 0.3) is 10.9 Å². The maximum Gasteiger partial charge on any atom is 0.255 e. The maximum atomic E-state index is 12.5. The molecule has 7 nitrogen and oxygen atoms in total. The summed E-state index contributed by atoms with van der Waals surface area (Å²) < 4.78 is 32.5. The van der Waals surface area contributed by atoms with Crippen LogP contribution in [-0.2, 0) is 16.6 Å². The van der Waals surface area contributed by atoms with E-state index in [0.29, 0.717) is 17.0 Å². The van der Waals surface area contributed by atoms with Gasteiger partial charge in [0.15, 0.2) is 0 Å². The molecule has 4 rings (SSSR count). The van der Waals surface area contributed by atoms with Crippen LogP contribution in [0, 0.1) is 0 Å². The van der Waals surface area contributed by atoms with Crippen molar-refractivity contribution < 1.29 is 17.9 Å². The van der Waals surface area contributed by atoms with E-state index in [-0.39, 0.29) is 17.3 Å². The number of carbonyl (C=O) groups excluding carboxylic acids is 1. The molecule has 0 saturated carbocycles. The first kappa shape index (κ1) is 20.6. The summed E-state index contributed by atoms with van der Waals surface area (Å²) >= 11 is 0. The Morgan fingerprint density at radius 1 is 0.968 bits per heavy atom. The third kappa shape index (κ3) is 4.76. The topological polar surface area (TPSA) is 100 Å². The SMILES string of the molecule is COc1ccc(S(=O)(=O)NCc2ccc(C(=O)Nc3ccc4cc[nH]c4c3)cc2)cc1. The second kappa shape index (κ2) is 8.63. The van der Waals surface area contributed by atoms with E-state index in [1.807, 2.05) is 30.5 Å². The predicted molar refractivity (Wildman–Crippen MR) is 120 cm³/mol. The van der Waals surface area contributed by atoms with E-state index in [9.17, 15) is 13.2 Å². The fourth-order valence-electron chi connectivity index (χ4n) is 3.12. The summed E-state index contributed by atoms with van der Waals surface area (Å²) in [7, 11) is -2.13. The van der Waals surface area contributed by atoms with E-state index in [1.54, 1.807) is 36.4 Å². The van der Waals surface area contributed by atoms with Gasteiger partial charge >= 0.3 is 0 Å². The van der Waals surface area contributed by atoms with Gasteiger partial charge in [-0.1, -0.05) is 18.2 Å². The van der Waals surface area contributed by atoms with Crippen molar-refractivity contribution in [3.8, 4) is 5.75 Å². The molecule has 0 spiro atoms. The lowest BCUT2D eigenvalue weighted by atomic mass is 10.1. The number of hydrogen-bond acceptors (Lipinski definition) is 4. The lowest BCUT2D eigenvalue weighted by molar-refractivity contribution is 0.102. The number of anilines is 1. The molecule has 1 heterocycles. The van der Waals surface area contributed by atoms with Crippen molar-refractivity contribution in [1.29, 1.82) is 0 Å². The van der Waals surface area contributed by atoms with Crippen LogP contribution < -0.4 is 14.8 Å². The molecule has 0 fully saturated rings. The molecule has 0 radical (unpaired) electrons. The number of hydrogen-bond donors (Lipinski definition) is 3. The lowest BCUT2D eigenvalue weighted by Gasteiger charge is -2.09. The van der Waals surface area contributed by atoms with Crippen molar-refractivity contribution >= 4 is 32.5 Å². The highest BCUT2D eigenvalue weighted by atomic mass is 32.2. The quantitative estimate of drug-likeness (QED) is 0.410. The first-order valence-electron chi connectivity index (χ1n) is 9.56. The van der Waals surface area contributed by atoms with Gasteiger partial charge in [-0.2, -0.15) is 0 Å². The highest BCUT2D eigenvalue weighted by Crippen LogP contribution is 2.19. The smallest absolute Gasteiger partial charge is 0.255 e. The molecule has 0 aliphatic heterocycles. The Morgan fingerprint density at radius 2 is 1.71 bits per heavy atom. The van der Waals surface area contributed by atoms with Crippen LogP contribution >= 0.6 is 0 Å².